The van der Waals surface area contributed by atoms with E-state index in [4.69, 9.17) is 4.74 Å². The zero-order chi connectivity index (χ0) is 13.8. The third-order valence-electron chi connectivity index (χ3n) is 3.64. The molecule has 0 aliphatic rings. The number of methoxy groups -OCH3 is 1. The van der Waals surface area contributed by atoms with Crippen LogP contribution >= 0.6 is 0 Å². The van der Waals surface area contributed by atoms with Crippen LogP contribution in [0.4, 0.5) is 8.78 Å². The molecule has 2 nitrogen and oxygen atoms in total. The number of hydrogen-bond acceptors (Lipinski definition) is 2. The molecule has 0 bridgehead atoms. The zero-order valence-corrected chi connectivity index (χ0v) is 11.0. The average Bonchev–Trinajstić information content (AvgIpc) is 2.36. The van der Waals surface area contributed by atoms with Crippen LogP contribution in [0.15, 0.2) is 18.2 Å². The molecule has 1 aromatic rings. The zero-order valence-electron chi connectivity index (χ0n) is 11.0. The first-order valence-corrected chi connectivity index (χ1v) is 6.16. The lowest BCUT2D eigenvalue weighted by Gasteiger charge is -2.35. The van der Waals surface area contributed by atoms with Crippen molar-refractivity contribution in [2.75, 3.05) is 7.11 Å². The Morgan fingerprint density at radius 2 is 1.89 bits per heavy atom. The van der Waals surface area contributed by atoms with Gasteiger partial charge in [-0.2, -0.15) is 0 Å². The van der Waals surface area contributed by atoms with E-state index in [2.05, 4.69) is 0 Å². The number of halogens is 2. The van der Waals surface area contributed by atoms with E-state index < -0.39 is 23.3 Å². The topological polar surface area (TPSA) is 29.5 Å². The molecular formula is C14H20F2O2. The third kappa shape index (κ3) is 3.06. The summed E-state index contributed by atoms with van der Waals surface area (Å²) in [5.41, 5.74) is -0.381. The van der Waals surface area contributed by atoms with Crippen LogP contribution in [0.1, 0.15) is 32.3 Å². The number of ether oxygens (including phenoxy) is 1. The van der Waals surface area contributed by atoms with E-state index in [1.807, 2.05) is 13.8 Å². The van der Waals surface area contributed by atoms with Gasteiger partial charge in [-0.3, -0.25) is 0 Å². The fraction of sp³-hybridized carbons (Fsp3) is 0.571. The van der Waals surface area contributed by atoms with Gasteiger partial charge in [0.1, 0.15) is 11.6 Å². The molecule has 1 N–H and O–H groups in total. The highest BCUT2D eigenvalue weighted by atomic mass is 19.1. The van der Waals surface area contributed by atoms with Crippen molar-refractivity contribution >= 4 is 0 Å². The number of rotatable bonds is 6. The molecule has 102 valence electrons. The molecule has 0 aromatic heterocycles. The van der Waals surface area contributed by atoms with Crippen LogP contribution in [-0.4, -0.2) is 23.9 Å². The Bertz CT molecular complexity index is 381. The van der Waals surface area contributed by atoms with Crippen molar-refractivity contribution < 1.29 is 18.6 Å². The Balaban J connectivity index is 2.89. The Hall–Kier alpha value is -1.00. The first kappa shape index (κ1) is 15.1. The quantitative estimate of drug-likeness (QED) is 0.849. The van der Waals surface area contributed by atoms with E-state index in [0.717, 1.165) is 6.07 Å². The molecule has 0 saturated carbocycles. The van der Waals surface area contributed by atoms with Crippen LogP contribution in [0.25, 0.3) is 0 Å². The van der Waals surface area contributed by atoms with E-state index in [1.165, 1.54) is 19.2 Å². The minimum atomic E-state index is -0.822. The summed E-state index contributed by atoms with van der Waals surface area (Å²) < 4.78 is 31.7. The van der Waals surface area contributed by atoms with Crippen molar-refractivity contribution in [2.45, 2.75) is 44.8 Å². The second-order valence-corrected chi connectivity index (χ2v) is 4.43. The highest BCUT2D eigenvalue weighted by Crippen LogP contribution is 2.27. The summed E-state index contributed by atoms with van der Waals surface area (Å²) in [7, 11) is 1.54. The fourth-order valence-electron chi connectivity index (χ4n) is 2.23. The standard InChI is InChI=1S/C14H20F2O2/c1-4-14(5-2,18-3)13(17)8-10-6-7-11(15)9-12(10)16/h6-7,9,13,17H,4-5,8H2,1-3H3. The van der Waals surface area contributed by atoms with Crippen LogP contribution in [0, 0.1) is 11.6 Å². The van der Waals surface area contributed by atoms with Gasteiger partial charge in [0.15, 0.2) is 0 Å². The van der Waals surface area contributed by atoms with E-state index in [9.17, 15) is 13.9 Å². The summed E-state index contributed by atoms with van der Waals surface area (Å²) in [6.45, 7) is 3.83. The number of aliphatic hydroxyl groups excluding tert-OH is 1. The third-order valence-corrected chi connectivity index (χ3v) is 3.64. The normalized spacial score (nSPS) is 13.7. The second kappa shape index (κ2) is 6.25. The molecule has 1 rings (SSSR count). The molecule has 0 aliphatic carbocycles. The lowest BCUT2D eigenvalue weighted by Crippen LogP contribution is -2.44. The van der Waals surface area contributed by atoms with Gasteiger partial charge in [-0.05, 0) is 24.5 Å². The number of aliphatic hydroxyl groups is 1. The van der Waals surface area contributed by atoms with Crippen LogP contribution < -0.4 is 0 Å². The summed E-state index contributed by atoms with van der Waals surface area (Å²) in [6, 6.07) is 3.38. The lowest BCUT2D eigenvalue weighted by molar-refractivity contribution is -0.107. The van der Waals surface area contributed by atoms with Gasteiger partial charge in [0.25, 0.3) is 0 Å². The molecule has 0 aliphatic heterocycles. The van der Waals surface area contributed by atoms with E-state index in [-0.39, 0.29) is 6.42 Å². The van der Waals surface area contributed by atoms with Crippen LogP contribution in [0.3, 0.4) is 0 Å². The first-order valence-electron chi connectivity index (χ1n) is 6.16. The lowest BCUT2D eigenvalue weighted by atomic mass is 9.86. The Morgan fingerprint density at radius 1 is 1.28 bits per heavy atom. The molecule has 4 heteroatoms. The molecule has 0 fully saturated rings. The summed E-state index contributed by atoms with van der Waals surface area (Å²) in [6.07, 6.45) is 0.549. The SMILES string of the molecule is CCC(CC)(OC)C(O)Cc1ccc(F)cc1F. The van der Waals surface area contributed by atoms with Crippen molar-refractivity contribution in [1.29, 1.82) is 0 Å². The van der Waals surface area contributed by atoms with Crippen molar-refractivity contribution in [1.82, 2.24) is 0 Å². The molecule has 1 aromatic carbocycles. The Kier molecular flexibility index (Phi) is 5.23. The van der Waals surface area contributed by atoms with Gasteiger partial charge in [-0.25, -0.2) is 8.78 Å². The van der Waals surface area contributed by atoms with Gasteiger partial charge in [-0.1, -0.05) is 19.9 Å². The highest BCUT2D eigenvalue weighted by molar-refractivity contribution is 5.20. The summed E-state index contributed by atoms with van der Waals surface area (Å²) >= 11 is 0. The Labute approximate surface area is 107 Å². The second-order valence-electron chi connectivity index (χ2n) is 4.43. The van der Waals surface area contributed by atoms with Crippen molar-refractivity contribution in [3.8, 4) is 0 Å². The molecule has 18 heavy (non-hydrogen) atoms. The smallest absolute Gasteiger partial charge is 0.129 e. The predicted octanol–water partition coefficient (Wildman–Crippen LogP) is 3.07. The number of hydrogen-bond donors (Lipinski definition) is 1. The maximum absolute atomic E-state index is 13.5. The molecule has 0 amide bonds. The average molecular weight is 258 g/mol. The summed E-state index contributed by atoms with van der Waals surface area (Å²) in [4.78, 5) is 0. The Morgan fingerprint density at radius 3 is 2.33 bits per heavy atom. The minimum Gasteiger partial charge on any atom is -0.390 e. The van der Waals surface area contributed by atoms with E-state index >= 15 is 0 Å². The fourth-order valence-corrected chi connectivity index (χ4v) is 2.23. The van der Waals surface area contributed by atoms with Gasteiger partial charge >= 0.3 is 0 Å². The molecule has 0 heterocycles. The number of benzene rings is 1. The highest BCUT2D eigenvalue weighted by Gasteiger charge is 2.34. The predicted molar refractivity (Wildman–Crippen MR) is 66.4 cm³/mol. The van der Waals surface area contributed by atoms with Gasteiger partial charge in [0.05, 0.1) is 11.7 Å². The minimum absolute atomic E-state index is 0.113. The summed E-state index contributed by atoms with van der Waals surface area (Å²) in [5, 5.41) is 10.2. The van der Waals surface area contributed by atoms with Crippen molar-refractivity contribution in [3.63, 3.8) is 0 Å². The molecule has 1 unspecified atom stereocenters. The monoisotopic (exact) mass is 258 g/mol. The van der Waals surface area contributed by atoms with Gasteiger partial charge < -0.3 is 9.84 Å². The molecule has 1 atom stereocenters. The largest absolute Gasteiger partial charge is 0.390 e. The molecule has 0 saturated heterocycles. The first-order chi connectivity index (χ1) is 8.49. The van der Waals surface area contributed by atoms with Crippen LogP contribution in [0.5, 0.6) is 0 Å². The van der Waals surface area contributed by atoms with Gasteiger partial charge in [-0.15, -0.1) is 0 Å². The molecule has 0 spiro atoms. The van der Waals surface area contributed by atoms with E-state index in [1.54, 1.807) is 0 Å². The van der Waals surface area contributed by atoms with Crippen molar-refractivity contribution in [2.24, 2.45) is 0 Å². The van der Waals surface area contributed by atoms with Crippen LogP contribution in [-0.2, 0) is 11.2 Å². The van der Waals surface area contributed by atoms with Crippen LogP contribution in [0.2, 0.25) is 0 Å². The molecular weight excluding hydrogens is 238 g/mol. The van der Waals surface area contributed by atoms with Gasteiger partial charge in [0, 0.05) is 19.6 Å². The van der Waals surface area contributed by atoms with Crippen molar-refractivity contribution in [3.05, 3.63) is 35.4 Å². The molecule has 0 radical (unpaired) electrons. The van der Waals surface area contributed by atoms with E-state index in [0.29, 0.717) is 18.4 Å². The maximum atomic E-state index is 13.5. The maximum Gasteiger partial charge on any atom is 0.129 e. The van der Waals surface area contributed by atoms with Gasteiger partial charge in [0.2, 0.25) is 0 Å². The summed E-state index contributed by atoms with van der Waals surface area (Å²) in [5.74, 6) is -1.25.